The normalized spacial score (nSPS) is 19.8. The molecule has 2 saturated carbocycles. The van der Waals surface area contributed by atoms with Crippen LogP contribution in [0.25, 0.3) is 0 Å². The molecule has 0 bridgehead atoms. The lowest BCUT2D eigenvalue weighted by Gasteiger charge is -2.25. The molecule has 1 heterocycles. The van der Waals surface area contributed by atoms with E-state index in [9.17, 15) is 18.5 Å². The quantitative estimate of drug-likeness (QED) is 0.404. The molecule has 0 saturated heterocycles. The fourth-order valence-corrected chi connectivity index (χ4v) is 5.53. The van der Waals surface area contributed by atoms with Crippen molar-refractivity contribution in [3.63, 3.8) is 0 Å². The van der Waals surface area contributed by atoms with Crippen molar-refractivity contribution >= 4 is 15.7 Å². The number of pyridine rings is 1. The second-order valence-corrected chi connectivity index (χ2v) is 10.1. The molecule has 0 aromatic carbocycles. The van der Waals surface area contributed by atoms with Gasteiger partial charge in [-0.15, -0.1) is 0 Å². The molecule has 3 rings (SSSR count). The van der Waals surface area contributed by atoms with Crippen LogP contribution in [0.5, 0.6) is 0 Å². The third-order valence-corrected chi connectivity index (χ3v) is 7.38. The smallest absolute Gasteiger partial charge is 0.275 e. The predicted octanol–water partition coefficient (Wildman–Crippen LogP) is 3.88. The summed E-state index contributed by atoms with van der Waals surface area (Å²) in [5.74, 6) is -0.108. The van der Waals surface area contributed by atoms with Crippen molar-refractivity contribution in [3.8, 4) is 0 Å². The highest BCUT2D eigenvalue weighted by Crippen LogP contribution is 2.26. The number of hydrogen-bond donors (Lipinski definition) is 3. The van der Waals surface area contributed by atoms with Gasteiger partial charge in [-0.25, -0.2) is 8.42 Å². The topological polar surface area (TPSA) is 126 Å². The lowest BCUT2D eigenvalue weighted by molar-refractivity contribution is -0.404. The summed E-state index contributed by atoms with van der Waals surface area (Å²) in [7, 11) is -4.06. The Morgan fingerprint density at radius 2 is 1.58 bits per heavy atom. The van der Waals surface area contributed by atoms with Crippen LogP contribution >= 0.6 is 0 Å². The van der Waals surface area contributed by atoms with E-state index in [0.717, 1.165) is 64.2 Å². The first-order valence-corrected chi connectivity index (χ1v) is 12.8. The monoisotopic (exact) mass is 451 g/mol. The molecule has 31 heavy (non-hydrogen) atoms. The number of nitro groups is 1. The molecule has 0 atom stereocenters. The number of nitrogens with one attached hydrogen (secondary N) is 3. The zero-order chi connectivity index (χ0) is 22.1. The van der Waals surface area contributed by atoms with Crippen LogP contribution in [0.4, 0.5) is 5.69 Å². The first kappa shape index (κ1) is 23.3. The Kier molecular flexibility index (Phi) is 8.51. The third kappa shape index (κ3) is 7.37. The van der Waals surface area contributed by atoms with Crippen LogP contribution in [-0.4, -0.2) is 30.4 Å². The van der Waals surface area contributed by atoms with E-state index in [0.29, 0.717) is 11.9 Å². The Morgan fingerprint density at radius 1 is 1.00 bits per heavy atom. The molecule has 10 heteroatoms. The molecule has 2 aliphatic rings. The molecule has 1 aromatic heterocycles. The maximum Gasteiger partial charge on any atom is 0.275 e. The van der Waals surface area contributed by atoms with Crippen LogP contribution in [0.3, 0.4) is 0 Å². The van der Waals surface area contributed by atoms with E-state index >= 15 is 0 Å². The van der Waals surface area contributed by atoms with Gasteiger partial charge in [0.2, 0.25) is 0 Å². The number of anilines is 1. The lowest BCUT2D eigenvalue weighted by atomic mass is 9.95. The minimum atomic E-state index is -4.06. The van der Waals surface area contributed by atoms with E-state index in [1.54, 1.807) is 12.3 Å². The zero-order valence-electron chi connectivity index (χ0n) is 17.9. The molecule has 3 N–H and O–H groups in total. The van der Waals surface area contributed by atoms with Gasteiger partial charge in [0, 0.05) is 24.5 Å². The average Bonchev–Trinajstić information content (AvgIpc) is 2.70. The Morgan fingerprint density at radius 3 is 2.23 bits per heavy atom. The summed E-state index contributed by atoms with van der Waals surface area (Å²) < 4.78 is 28.7. The van der Waals surface area contributed by atoms with Crippen molar-refractivity contribution in [3.05, 3.63) is 40.6 Å². The Balaban J connectivity index is 1.76. The van der Waals surface area contributed by atoms with Gasteiger partial charge < -0.3 is 10.6 Å². The Bertz CT molecular complexity index is 860. The summed E-state index contributed by atoms with van der Waals surface area (Å²) >= 11 is 0. The summed E-state index contributed by atoms with van der Waals surface area (Å²) in [5.41, 5.74) is 0.473. The van der Waals surface area contributed by atoms with Crippen LogP contribution in [0.15, 0.2) is 35.4 Å². The Labute approximate surface area is 184 Å². The van der Waals surface area contributed by atoms with Crippen molar-refractivity contribution in [2.75, 3.05) is 5.32 Å². The fraction of sp³-hybridized carbons (Fsp3) is 0.667. The van der Waals surface area contributed by atoms with E-state index < -0.39 is 14.9 Å². The molecule has 172 valence electrons. The summed E-state index contributed by atoms with van der Waals surface area (Å²) in [5, 5.41) is 17.6. The van der Waals surface area contributed by atoms with Crippen LogP contribution in [0.2, 0.25) is 0 Å². The van der Waals surface area contributed by atoms with Gasteiger partial charge in [0.1, 0.15) is 4.90 Å². The third-order valence-electron chi connectivity index (χ3n) is 5.98. The minimum Gasteiger partial charge on any atom is -0.381 e. The van der Waals surface area contributed by atoms with Gasteiger partial charge >= 0.3 is 0 Å². The van der Waals surface area contributed by atoms with Gasteiger partial charge in [-0.1, -0.05) is 51.4 Å². The maximum absolute atomic E-state index is 13.2. The first-order chi connectivity index (χ1) is 14.9. The number of sulfonamides is 1. The predicted molar refractivity (Wildman–Crippen MR) is 119 cm³/mol. The molecule has 2 aliphatic carbocycles. The van der Waals surface area contributed by atoms with Gasteiger partial charge in [-0.2, -0.15) is 0 Å². The highest BCUT2D eigenvalue weighted by Gasteiger charge is 2.25. The average molecular weight is 452 g/mol. The van der Waals surface area contributed by atoms with Crippen molar-refractivity contribution in [1.82, 2.24) is 15.0 Å². The van der Waals surface area contributed by atoms with Crippen molar-refractivity contribution in [2.45, 2.75) is 94.0 Å². The number of nitrogens with zero attached hydrogens (tertiary/aromatic N) is 2. The fourth-order valence-electron chi connectivity index (χ4n) is 4.40. The second-order valence-electron chi connectivity index (χ2n) is 8.47. The molecular weight excluding hydrogens is 418 g/mol. The van der Waals surface area contributed by atoms with Gasteiger partial charge in [0.25, 0.3) is 16.2 Å². The van der Waals surface area contributed by atoms with E-state index in [4.69, 9.17) is 0 Å². The van der Waals surface area contributed by atoms with Crippen molar-refractivity contribution < 1.29 is 13.3 Å². The number of hydrogen-bond acceptors (Lipinski definition) is 7. The van der Waals surface area contributed by atoms with Crippen LogP contribution in [-0.2, 0) is 10.0 Å². The van der Waals surface area contributed by atoms with Crippen molar-refractivity contribution in [2.24, 2.45) is 0 Å². The highest BCUT2D eigenvalue weighted by molar-refractivity contribution is 7.89. The molecule has 0 aliphatic heterocycles. The Hall–Kier alpha value is -2.36. The summed E-state index contributed by atoms with van der Waals surface area (Å²) in [6, 6.07) is 1.86. The second kappa shape index (κ2) is 11.3. The SMILES string of the molecule is O=[N+]([O-])/C=C(/NC1CCCCCCC1)NS(=O)(=O)c1cnccc1NC1CCCCC1. The molecule has 0 unspecified atom stereocenters. The largest absolute Gasteiger partial charge is 0.381 e. The minimum absolute atomic E-state index is 0.00272. The zero-order valence-corrected chi connectivity index (χ0v) is 18.7. The van der Waals surface area contributed by atoms with Gasteiger partial charge in [-0.3, -0.25) is 19.8 Å². The summed E-state index contributed by atoms with van der Waals surface area (Å²) in [6.45, 7) is 0. The van der Waals surface area contributed by atoms with Gasteiger partial charge in [0.15, 0.2) is 5.82 Å². The van der Waals surface area contributed by atoms with Crippen LogP contribution < -0.4 is 15.4 Å². The summed E-state index contributed by atoms with van der Waals surface area (Å²) in [6.07, 6.45) is 16.2. The summed E-state index contributed by atoms with van der Waals surface area (Å²) in [4.78, 5) is 14.5. The number of rotatable bonds is 8. The number of aromatic nitrogens is 1. The van der Waals surface area contributed by atoms with Crippen molar-refractivity contribution in [1.29, 1.82) is 0 Å². The molecule has 0 radical (unpaired) electrons. The van der Waals surface area contributed by atoms with Crippen LogP contribution in [0.1, 0.15) is 77.0 Å². The molecular formula is C21H33N5O4S. The van der Waals surface area contributed by atoms with E-state index in [1.807, 2.05) is 0 Å². The highest BCUT2D eigenvalue weighted by atomic mass is 32.2. The van der Waals surface area contributed by atoms with Crippen LogP contribution in [0, 0.1) is 10.1 Å². The lowest BCUT2D eigenvalue weighted by Crippen LogP contribution is -2.38. The van der Waals surface area contributed by atoms with Gasteiger partial charge in [-0.05, 0) is 31.7 Å². The molecule has 2 fully saturated rings. The van der Waals surface area contributed by atoms with E-state index in [1.165, 1.54) is 19.0 Å². The molecule has 0 amide bonds. The maximum atomic E-state index is 13.2. The van der Waals surface area contributed by atoms with E-state index in [2.05, 4.69) is 20.3 Å². The molecule has 9 nitrogen and oxygen atoms in total. The molecule has 1 aromatic rings. The van der Waals surface area contributed by atoms with E-state index in [-0.39, 0.29) is 22.8 Å². The molecule has 0 spiro atoms. The standard InChI is InChI=1S/C21H33N5O4S/c27-26(28)16-21(24-18-11-5-2-1-3-6-12-18)25-31(29,30)20-15-22-14-13-19(20)23-17-9-7-4-8-10-17/h13-18,24-25H,1-12H2,(H,22,23)/b21-16-. The first-order valence-electron chi connectivity index (χ1n) is 11.3. The van der Waals surface area contributed by atoms with Gasteiger partial charge in [0.05, 0.1) is 10.6 Å².